The van der Waals surface area contributed by atoms with E-state index in [2.05, 4.69) is 22.1 Å². The summed E-state index contributed by atoms with van der Waals surface area (Å²) in [5.41, 5.74) is 5.81. The number of nitrogens with two attached hydrogens (primary N) is 1. The van der Waals surface area contributed by atoms with Gasteiger partial charge in [-0.2, -0.15) is 0 Å². The monoisotopic (exact) mass is 380 g/mol. The zero-order chi connectivity index (χ0) is 13.4. The number of aliphatic imine (C=N–C) groups is 1. The van der Waals surface area contributed by atoms with Crippen molar-refractivity contribution in [2.75, 3.05) is 27.2 Å². The van der Waals surface area contributed by atoms with Gasteiger partial charge < -0.3 is 15.5 Å². The summed E-state index contributed by atoms with van der Waals surface area (Å²) < 4.78 is 5.42. The van der Waals surface area contributed by atoms with Crippen molar-refractivity contribution < 1.29 is 4.42 Å². The van der Waals surface area contributed by atoms with Gasteiger partial charge in [-0.05, 0) is 32.6 Å². The van der Waals surface area contributed by atoms with Crippen LogP contribution in [0.15, 0.2) is 27.8 Å². The van der Waals surface area contributed by atoms with Gasteiger partial charge in [0.25, 0.3) is 0 Å². The molecule has 0 aliphatic rings. The Labute approximate surface area is 132 Å². The van der Waals surface area contributed by atoms with E-state index in [0.717, 1.165) is 25.1 Å². The maximum Gasteiger partial charge on any atom is 0.188 e. The highest BCUT2D eigenvalue weighted by molar-refractivity contribution is 14.0. The van der Waals surface area contributed by atoms with Crippen LogP contribution < -0.4 is 11.1 Å². The van der Waals surface area contributed by atoms with E-state index < -0.39 is 0 Å². The quantitative estimate of drug-likeness (QED) is 0.330. The first-order chi connectivity index (χ1) is 8.65. The van der Waals surface area contributed by atoms with Crippen LogP contribution in [0.1, 0.15) is 31.6 Å². The van der Waals surface area contributed by atoms with Crippen LogP contribution in [0.5, 0.6) is 0 Å². The molecule has 0 bridgehead atoms. The lowest BCUT2D eigenvalue weighted by Gasteiger charge is -2.20. The molecule has 5 nitrogen and oxygen atoms in total. The van der Waals surface area contributed by atoms with Crippen LogP contribution in [-0.2, 0) is 0 Å². The third kappa shape index (κ3) is 6.81. The van der Waals surface area contributed by atoms with Gasteiger partial charge in [0.2, 0.25) is 0 Å². The van der Waals surface area contributed by atoms with Crippen molar-refractivity contribution in [1.82, 2.24) is 10.2 Å². The Kier molecular flexibility index (Phi) is 9.68. The molecule has 0 aliphatic carbocycles. The fourth-order valence-corrected chi connectivity index (χ4v) is 1.62. The van der Waals surface area contributed by atoms with E-state index in [4.69, 9.17) is 10.2 Å². The summed E-state index contributed by atoms with van der Waals surface area (Å²) in [5.74, 6) is 1.41. The highest BCUT2D eigenvalue weighted by Gasteiger charge is 2.16. The van der Waals surface area contributed by atoms with Gasteiger partial charge >= 0.3 is 0 Å². The second-order valence-corrected chi connectivity index (χ2v) is 4.50. The van der Waals surface area contributed by atoms with Crippen LogP contribution >= 0.6 is 24.0 Å². The molecule has 0 saturated heterocycles. The van der Waals surface area contributed by atoms with Gasteiger partial charge in [0.1, 0.15) is 5.76 Å². The Morgan fingerprint density at radius 3 is 2.79 bits per heavy atom. The average Bonchev–Trinajstić information content (AvgIpc) is 2.83. The summed E-state index contributed by atoms with van der Waals surface area (Å²) in [6.45, 7) is 3.61. The van der Waals surface area contributed by atoms with E-state index in [1.807, 2.05) is 26.2 Å². The smallest absolute Gasteiger partial charge is 0.188 e. The molecular formula is C13H25IN4O. The van der Waals surface area contributed by atoms with Crippen LogP contribution in [0.4, 0.5) is 0 Å². The highest BCUT2D eigenvalue weighted by atomic mass is 127. The number of unbranched alkanes of at least 4 members (excludes halogenated alkanes) is 1. The third-order valence-corrected chi connectivity index (χ3v) is 2.77. The van der Waals surface area contributed by atoms with Crippen molar-refractivity contribution in [2.45, 2.75) is 25.8 Å². The van der Waals surface area contributed by atoms with E-state index in [1.165, 1.54) is 0 Å². The number of hydrogen-bond acceptors (Lipinski definition) is 3. The molecule has 1 rings (SSSR count). The average molecular weight is 380 g/mol. The van der Waals surface area contributed by atoms with Crippen molar-refractivity contribution in [3.63, 3.8) is 0 Å². The summed E-state index contributed by atoms with van der Waals surface area (Å²) in [6, 6.07) is 3.96. The van der Waals surface area contributed by atoms with Crippen LogP contribution in [0.3, 0.4) is 0 Å². The third-order valence-electron chi connectivity index (χ3n) is 2.77. The molecule has 0 aliphatic heterocycles. The predicted octanol–water partition coefficient (Wildman–Crippen LogP) is 2.20. The molecule has 3 N–H and O–H groups in total. The van der Waals surface area contributed by atoms with Crippen LogP contribution in [0, 0.1) is 0 Å². The summed E-state index contributed by atoms with van der Waals surface area (Å²) >= 11 is 0. The molecule has 1 aromatic heterocycles. The Morgan fingerprint density at radius 2 is 2.26 bits per heavy atom. The standard InChI is InChI=1S/C13H24N4O.HI/c1-4-5-8-15-13(14)16-10-11(17(2)3)12-7-6-9-18-12;/h6-7,9,11H,4-5,8,10H2,1-3H3,(H3,14,15,16);1H. The SMILES string of the molecule is CCCCNC(N)=NCC(c1ccco1)N(C)C.I. The molecule has 1 unspecified atom stereocenters. The Morgan fingerprint density at radius 1 is 1.53 bits per heavy atom. The number of likely N-dealkylation sites (N-methyl/N-ethyl adjacent to an activating group) is 1. The second kappa shape index (κ2) is 10.1. The van der Waals surface area contributed by atoms with E-state index in [9.17, 15) is 0 Å². The molecule has 1 atom stereocenters. The van der Waals surface area contributed by atoms with E-state index in [-0.39, 0.29) is 30.0 Å². The number of nitrogens with zero attached hydrogens (tertiary/aromatic N) is 2. The van der Waals surface area contributed by atoms with Gasteiger partial charge in [-0.25, -0.2) is 0 Å². The second-order valence-electron chi connectivity index (χ2n) is 4.50. The molecule has 1 aromatic rings. The Bertz CT molecular complexity index is 352. The van der Waals surface area contributed by atoms with Crippen molar-refractivity contribution in [2.24, 2.45) is 10.7 Å². The van der Waals surface area contributed by atoms with Gasteiger partial charge in [0.15, 0.2) is 5.96 Å². The van der Waals surface area contributed by atoms with E-state index >= 15 is 0 Å². The van der Waals surface area contributed by atoms with Gasteiger partial charge in [-0.3, -0.25) is 9.89 Å². The number of nitrogens with one attached hydrogen (secondary N) is 1. The van der Waals surface area contributed by atoms with Crippen LogP contribution in [0.2, 0.25) is 0 Å². The number of guanidine groups is 1. The highest BCUT2D eigenvalue weighted by Crippen LogP contribution is 2.18. The largest absolute Gasteiger partial charge is 0.468 e. The van der Waals surface area contributed by atoms with Gasteiger partial charge in [-0.15, -0.1) is 24.0 Å². The van der Waals surface area contributed by atoms with E-state index in [1.54, 1.807) is 6.26 Å². The molecule has 0 fully saturated rings. The Hall–Kier alpha value is -0.760. The summed E-state index contributed by atoms with van der Waals surface area (Å²) in [6.07, 6.45) is 3.93. The minimum Gasteiger partial charge on any atom is -0.468 e. The molecule has 0 saturated carbocycles. The number of halogens is 1. The lowest BCUT2D eigenvalue weighted by molar-refractivity contribution is 0.265. The first-order valence-corrected chi connectivity index (χ1v) is 6.38. The van der Waals surface area contributed by atoms with Gasteiger partial charge in [-0.1, -0.05) is 13.3 Å². The molecule has 19 heavy (non-hydrogen) atoms. The predicted molar refractivity (Wildman–Crippen MR) is 90.0 cm³/mol. The first kappa shape index (κ1) is 18.2. The molecule has 0 aromatic carbocycles. The van der Waals surface area contributed by atoms with Crippen molar-refractivity contribution in [3.05, 3.63) is 24.2 Å². The fourth-order valence-electron chi connectivity index (χ4n) is 1.62. The van der Waals surface area contributed by atoms with Crippen LogP contribution in [0.25, 0.3) is 0 Å². The Balaban J connectivity index is 0.00000324. The van der Waals surface area contributed by atoms with Crippen molar-refractivity contribution >= 4 is 29.9 Å². The van der Waals surface area contributed by atoms with Crippen molar-refractivity contribution in [3.8, 4) is 0 Å². The number of furan rings is 1. The van der Waals surface area contributed by atoms with Gasteiger partial charge in [0, 0.05) is 6.54 Å². The molecule has 110 valence electrons. The topological polar surface area (TPSA) is 66.8 Å². The van der Waals surface area contributed by atoms with Gasteiger partial charge in [0.05, 0.1) is 18.8 Å². The number of rotatable bonds is 7. The lowest BCUT2D eigenvalue weighted by Crippen LogP contribution is -2.33. The maximum atomic E-state index is 5.81. The minimum atomic E-state index is 0. The van der Waals surface area contributed by atoms with Crippen molar-refractivity contribution in [1.29, 1.82) is 0 Å². The van der Waals surface area contributed by atoms with Crippen LogP contribution in [-0.4, -0.2) is 38.0 Å². The molecular weight excluding hydrogens is 355 g/mol. The zero-order valence-electron chi connectivity index (χ0n) is 11.9. The normalized spacial score (nSPS) is 13.2. The summed E-state index contributed by atoms with van der Waals surface area (Å²) in [4.78, 5) is 6.43. The molecule has 0 spiro atoms. The fraction of sp³-hybridized carbons (Fsp3) is 0.615. The molecule has 6 heteroatoms. The van der Waals surface area contributed by atoms with E-state index in [0.29, 0.717) is 12.5 Å². The molecule has 0 radical (unpaired) electrons. The zero-order valence-corrected chi connectivity index (χ0v) is 14.3. The maximum absolute atomic E-state index is 5.81. The minimum absolute atomic E-state index is 0. The lowest BCUT2D eigenvalue weighted by atomic mass is 10.2. The number of hydrogen-bond donors (Lipinski definition) is 2. The molecule has 0 amide bonds. The first-order valence-electron chi connectivity index (χ1n) is 6.38. The summed E-state index contributed by atoms with van der Waals surface area (Å²) in [7, 11) is 4.01. The molecule has 1 heterocycles. The summed E-state index contributed by atoms with van der Waals surface area (Å²) in [5, 5.41) is 3.10.